The predicted molar refractivity (Wildman–Crippen MR) is 80.2 cm³/mol. The van der Waals surface area contributed by atoms with Gasteiger partial charge in [-0.2, -0.15) is 27.1 Å². The maximum absolute atomic E-state index is 12.6. The Morgan fingerprint density at radius 2 is 1.96 bits per heavy atom. The molecule has 0 bridgehead atoms. The van der Waals surface area contributed by atoms with Crippen molar-refractivity contribution in [2.45, 2.75) is 26.3 Å². The molecule has 0 saturated carbocycles. The van der Waals surface area contributed by atoms with Crippen molar-refractivity contribution in [1.82, 2.24) is 9.78 Å². The van der Waals surface area contributed by atoms with Gasteiger partial charge in [0.05, 0.1) is 7.11 Å². The summed E-state index contributed by atoms with van der Waals surface area (Å²) in [4.78, 5) is 12.0. The number of nitrogens with one attached hydrogen (secondary N) is 1. The Hall–Kier alpha value is -2.85. The van der Waals surface area contributed by atoms with Crippen LogP contribution in [0.2, 0.25) is 0 Å². The van der Waals surface area contributed by atoms with Gasteiger partial charge in [0.15, 0.2) is 17.2 Å². The smallest absolute Gasteiger partial charge is 0.435 e. The third-order valence-corrected chi connectivity index (χ3v) is 3.23. The molecule has 0 aliphatic rings. The zero-order valence-electron chi connectivity index (χ0n) is 13.6. The number of hydrogen-bond donors (Lipinski definition) is 1. The molecule has 1 aromatic carbocycles. The highest BCUT2D eigenvalue weighted by atomic mass is 19.4. The maximum Gasteiger partial charge on any atom is 0.435 e. The average Bonchev–Trinajstić information content (AvgIpc) is 2.89. The molecule has 1 aromatic heterocycles. The van der Waals surface area contributed by atoms with E-state index in [2.05, 4.69) is 15.2 Å². The number of ether oxygens (including phenoxy) is 2. The van der Waals surface area contributed by atoms with E-state index in [1.807, 2.05) is 0 Å². The van der Waals surface area contributed by atoms with Crippen LogP contribution in [-0.2, 0) is 17.5 Å². The molecule has 2 aromatic rings. The van der Waals surface area contributed by atoms with Crippen LogP contribution >= 0.6 is 0 Å². The van der Waals surface area contributed by atoms with Crippen LogP contribution in [0.5, 0.6) is 11.5 Å². The second-order valence-electron chi connectivity index (χ2n) is 5.12. The number of benzene rings is 1. The summed E-state index contributed by atoms with van der Waals surface area (Å²) in [7, 11) is 1.23. The van der Waals surface area contributed by atoms with Crippen LogP contribution in [0.1, 0.15) is 11.4 Å². The molecule has 1 N–H and O–H groups in total. The SMILES string of the molecule is COc1cc(NC(=O)Cn2nc(C(F)(F)F)cc2C)ccc1OC(F)F. The van der Waals surface area contributed by atoms with Gasteiger partial charge in [-0.05, 0) is 25.1 Å². The highest BCUT2D eigenvalue weighted by Crippen LogP contribution is 2.31. The first-order chi connectivity index (χ1) is 12.1. The topological polar surface area (TPSA) is 65.4 Å². The van der Waals surface area contributed by atoms with E-state index in [9.17, 15) is 26.7 Å². The summed E-state index contributed by atoms with van der Waals surface area (Å²) in [6.45, 7) is -2.12. The lowest BCUT2D eigenvalue weighted by Gasteiger charge is -2.12. The molecule has 26 heavy (non-hydrogen) atoms. The minimum Gasteiger partial charge on any atom is -0.493 e. The zero-order valence-corrected chi connectivity index (χ0v) is 13.6. The zero-order chi connectivity index (χ0) is 19.5. The van der Waals surface area contributed by atoms with Crippen molar-refractivity contribution in [2.24, 2.45) is 0 Å². The van der Waals surface area contributed by atoms with Gasteiger partial charge in [0, 0.05) is 17.4 Å². The molecule has 1 amide bonds. The molecule has 11 heteroatoms. The number of methoxy groups -OCH3 is 1. The second kappa shape index (κ2) is 7.58. The highest BCUT2D eigenvalue weighted by Gasteiger charge is 2.34. The van der Waals surface area contributed by atoms with E-state index in [0.29, 0.717) is 0 Å². The Balaban J connectivity index is 2.09. The van der Waals surface area contributed by atoms with Crippen molar-refractivity contribution < 1.29 is 36.2 Å². The summed E-state index contributed by atoms with van der Waals surface area (Å²) in [6.07, 6.45) is -4.61. The number of carbonyl (C=O) groups is 1. The van der Waals surface area contributed by atoms with Crippen molar-refractivity contribution in [2.75, 3.05) is 12.4 Å². The van der Waals surface area contributed by atoms with Crippen molar-refractivity contribution in [3.8, 4) is 11.5 Å². The molecule has 2 rings (SSSR count). The van der Waals surface area contributed by atoms with E-state index in [4.69, 9.17) is 4.74 Å². The number of aromatic nitrogens is 2. The van der Waals surface area contributed by atoms with Gasteiger partial charge >= 0.3 is 12.8 Å². The lowest BCUT2D eigenvalue weighted by atomic mass is 10.2. The standard InChI is InChI=1S/C15H14F5N3O3/c1-8-5-12(15(18,19)20)22-23(8)7-13(24)21-9-3-4-10(26-14(16)17)11(6-9)25-2/h3-6,14H,7H2,1-2H3,(H,21,24). The Labute approximate surface area is 144 Å². The van der Waals surface area contributed by atoms with Gasteiger partial charge in [0.1, 0.15) is 6.54 Å². The van der Waals surface area contributed by atoms with Gasteiger partial charge in [-0.25, -0.2) is 0 Å². The van der Waals surface area contributed by atoms with Crippen LogP contribution in [0, 0.1) is 6.92 Å². The second-order valence-corrected chi connectivity index (χ2v) is 5.12. The Bertz CT molecular complexity index is 789. The Kier molecular flexibility index (Phi) is 5.68. The fraction of sp³-hybridized carbons (Fsp3) is 0.333. The van der Waals surface area contributed by atoms with Crippen molar-refractivity contribution >= 4 is 11.6 Å². The van der Waals surface area contributed by atoms with Crippen molar-refractivity contribution in [3.63, 3.8) is 0 Å². The largest absolute Gasteiger partial charge is 0.493 e. The van der Waals surface area contributed by atoms with Crippen molar-refractivity contribution in [1.29, 1.82) is 0 Å². The number of carbonyl (C=O) groups excluding carboxylic acids is 1. The minimum absolute atomic E-state index is 0.0438. The first kappa shape index (κ1) is 19.5. The number of halogens is 5. The molecule has 0 aliphatic heterocycles. The molecule has 0 atom stereocenters. The molecule has 0 unspecified atom stereocenters. The summed E-state index contributed by atoms with van der Waals surface area (Å²) in [5.41, 5.74) is -0.752. The molecule has 6 nitrogen and oxygen atoms in total. The number of alkyl halides is 5. The van der Waals surface area contributed by atoms with Gasteiger partial charge in [-0.15, -0.1) is 0 Å². The van der Waals surface area contributed by atoms with E-state index in [-0.39, 0.29) is 22.9 Å². The van der Waals surface area contributed by atoms with E-state index in [0.717, 1.165) is 10.7 Å². The molecule has 0 saturated heterocycles. The summed E-state index contributed by atoms with van der Waals surface area (Å²) in [5, 5.41) is 5.76. The Morgan fingerprint density at radius 3 is 2.50 bits per heavy atom. The van der Waals surface area contributed by atoms with Crippen molar-refractivity contribution in [3.05, 3.63) is 35.7 Å². The molecule has 0 radical (unpaired) electrons. The first-order valence-corrected chi connectivity index (χ1v) is 7.14. The Morgan fingerprint density at radius 1 is 1.27 bits per heavy atom. The number of amides is 1. The average molecular weight is 379 g/mol. The normalized spacial score (nSPS) is 11.5. The first-order valence-electron chi connectivity index (χ1n) is 7.14. The monoisotopic (exact) mass is 379 g/mol. The molecule has 0 fully saturated rings. The number of hydrogen-bond acceptors (Lipinski definition) is 4. The molecule has 0 aliphatic carbocycles. The predicted octanol–water partition coefficient (Wildman–Crippen LogP) is 3.46. The summed E-state index contributed by atoms with van der Waals surface area (Å²) < 4.78 is 72.5. The maximum atomic E-state index is 12.6. The van der Waals surface area contributed by atoms with Crippen LogP contribution in [0.3, 0.4) is 0 Å². The van der Waals surface area contributed by atoms with Crippen LogP contribution < -0.4 is 14.8 Å². The fourth-order valence-electron chi connectivity index (χ4n) is 2.08. The van der Waals surface area contributed by atoms with Gasteiger partial charge < -0.3 is 14.8 Å². The fourth-order valence-corrected chi connectivity index (χ4v) is 2.08. The summed E-state index contributed by atoms with van der Waals surface area (Å²) >= 11 is 0. The molecular weight excluding hydrogens is 365 g/mol. The van der Waals surface area contributed by atoms with E-state index in [1.165, 1.54) is 32.2 Å². The van der Waals surface area contributed by atoms with E-state index < -0.39 is 30.9 Å². The van der Waals surface area contributed by atoms with Gasteiger partial charge in [-0.3, -0.25) is 9.48 Å². The van der Waals surface area contributed by atoms with E-state index >= 15 is 0 Å². The minimum atomic E-state index is -4.61. The van der Waals surface area contributed by atoms with Crippen LogP contribution in [0.15, 0.2) is 24.3 Å². The number of nitrogens with zero attached hydrogens (tertiary/aromatic N) is 2. The molecule has 142 valence electrons. The van der Waals surface area contributed by atoms with Crippen LogP contribution in [0.25, 0.3) is 0 Å². The van der Waals surface area contributed by atoms with Gasteiger partial charge in [-0.1, -0.05) is 0 Å². The molecule has 0 spiro atoms. The number of aryl methyl sites for hydroxylation is 1. The quantitative estimate of drug-likeness (QED) is 0.781. The van der Waals surface area contributed by atoms with Gasteiger partial charge in [0.25, 0.3) is 0 Å². The third kappa shape index (κ3) is 4.83. The number of anilines is 1. The molecule has 1 heterocycles. The number of rotatable bonds is 6. The summed E-state index contributed by atoms with van der Waals surface area (Å²) in [6, 6.07) is 4.52. The lowest BCUT2D eigenvalue weighted by Crippen LogP contribution is -2.21. The third-order valence-electron chi connectivity index (χ3n) is 3.23. The lowest BCUT2D eigenvalue weighted by molar-refractivity contribution is -0.141. The van der Waals surface area contributed by atoms with Crippen LogP contribution in [0.4, 0.5) is 27.6 Å². The summed E-state index contributed by atoms with van der Waals surface area (Å²) in [5.74, 6) is -0.925. The van der Waals surface area contributed by atoms with Gasteiger partial charge in [0.2, 0.25) is 5.91 Å². The molecular formula is C15H14F5N3O3. The van der Waals surface area contributed by atoms with Crippen LogP contribution in [-0.4, -0.2) is 29.4 Å². The van der Waals surface area contributed by atoms with E-state index in [1.54, 1.807) is 0 Å². The highest BCUT2D eigenvalue weighted by molar-refractivity contribution is 5.90.